The molecule has 0 unspecified atom stereocenters. The summed E-state index contributed by atoms with van der Waals surface area (Å²) in [5.41, 5.74) is 1.55. The maximum absolute atomic E-state index is 12.1. The van der Waals surface area contributed by atoms with Gasteiger partial charge in [0.05, 0.1) is 0 Å². The van der Waals surface area contributed by atoms with Crippen molar-refractivity contribution in [3.8, 4) is 5.75 Å². The molecule has 2 nitrogen and oxygen atoms in total. The van der Waals surface area contributed by atoms with Crippen LogP contribution < -0.4 is 10.1 Å². The molecule has 0 aliphatic carbocycles. The molecule has 1 N–H and O–H groups in total. The molecule has 0 heterocycles. The lowest BCUT2D eigenvalue weighted by molar-refractivity contribution is -0.274. The predicted octanol–water partition coefficient (Wildman–Crippen LogP) is 3.66. The molecule has 0 fully saturated rings. The third-order valence-corrected chi connectivity index (χ3v) is 1.95. The third-order valence-electron chi connectivity index (χ3n) is 1.95. The zero-order valence-electron chi connectivity index (χ0n) is 8.98. The van der Waals surface area contributed by atoms with Gasteiger partial charge in [0.25, 0.3) is 0 Å². The molecule has 0 radical (unpaired) electrons. The predicted molar refractivity (Wildman–Crippen MR) is 57.4 cm³/mol. The molecule has 5 heteroatoms. The summed E-state index contributed by atoms with van der Waals surface area (Å²) in [6.07, 6.45) is -4.69. The molecule has 0 aliphatic heterocycles. The van der Waals surface area contributed by atoms with Crippen LogP contribution >= 0.6 is 0 Å². The summed E-state index contributed by atoms with van der Waals surface area (Å²) in [4.78, 5) is 0. The molecule has 0 bridgehead atoms. The molecule has 1 rings (SSSR count). The summed E-state index contributed by atoms with van der Waals surface area (Å²) >= 11 is 0. The minimum Gasteiger partial charge on any atom is -0.405 e. The summed E-state index contributed by atoms with van der Waals surface area (Å²) in [5, 5.41) is 2.83. The molecule has 0 aliphatic rings. The van der Waals surface area contributed by atoms with Crippen molar-refractivity contribution in [3.63, 3.8) is 0 Å². The smallest absolute Gasteiger partial charge is 0.405 e. The van der Waals surface area contributed by atoms with Crippen LogP contribution in [-0.2, 0) is 0 Å². The largest absolute Gasteiger partial charge is 0.573 e. The van der Waals surface area contributed by atoms with Crippen molar-refractivity contribution in [2.45, 2.75) is 13.3 Å². The first kappa shape index (κ1) is 12.4. The van der Waals surface area contributed by atoms with E-state index in [2.05, 4.69) is 16.6 Å². The molecule has 0 saturated heterocycles. The van der Waals surface area contributed by atoms with Gasteiger partial charge >= 0.3 is 6.36 Å². The number of rotatable bonds is 3. The van der Waals surface area contributed by atoms with E-state index in [0.717, 1.165) is 0 Å². The highest BCUT2D eigenvalue weighted by atomic mass is 19.4. The Balaban J connectivity index is 3.13. The molecular formula is C11H12F3NO. The Hall–Kier alpha value is -1.65. The summed E-state index contributed by atoms with van der Waals surface area (Å²) in [5.74, 6) is -0.237. The van der Waals surface area contributed by atoms with Gasteiger partial charge in [-0.2, -0.15) is 0 Å². The van der Waals surface area contributed by atoms with Gasteiger partial charge in [-0.1, -0.05) is 6.58 Å². The average Bonchev–Trinajstić information content (AvgIpc) is 2.15. The molecule has 0 aromatic heterocycles. The summed E-state index contributed by atoms with van der Waals surface area (Å²) < 4.78 is 40.2. The third kappa shape index (κ3) is 3.18. The summed E-state index contributed by atoms with van der Waals surface area (Å²) in [6.45, 7) is 5.24. The maximum Gasteiger partial charge on any atom is 0.573 e. The normalized spacial score (nSPS) is 11.1. The van der Waals surface area contributed by atoms with Crippen molar-refractivity contribution in [2.24, 2.45) is 0 Å². The number of allylic oxidation sites excluding steroid dienone is 1. The van der Waals surface area contributed by atoms with E-state index in [9.17, 15) is 13.2 Å². The molecule has 1 aromatic carbocycles. The van der Waals surface area contributed by atoms with Gasteiger partial charge in [0.2, 0.25) is 0 Å². The topological polar surface area (TPSA) is 21.3 Å². The zero-order valence-corrected chi connectivity index (χ0v) is 8.98. The van der Waals surface area contributed by atoms with Crippen molar-refractivity contribution in [1.82, 2.24) is 0 Å². The summed E-state index contributed by atoms with van der Waals surface area (Å²) in [7, 11) is 1.68. The first-order valence-corrected chi connectivity index (χ1v) is 4.57. The van der Waals surface area contributed by atoms with Gasteiger partial charge in [-0.15, -0.1) is 13.2 Å². The van der Waals surface area contributed by atoms with Crippen LogP contribution in [0.3, 0.4) is 0 Å². The monoisotopic (exact) mass is 231 g/mol. The molecule has 0 saturated carbocycles. The number of hydrogen-bond donors (Lipinski definition) is 1. The number of benzene rings is 1. The zero-order chi connectivity index (χ0) is 12.3. The average molecular weight is 231 g/mol. The molecule has 0 amide bonds. The second kappa shape index (κ2) is 4.47. The van der Waals surface area contributed by atoms with E-state index in [1.165, 1.54) is 12.1 Å². The maximum atomic E-state index is 12.1. The first-order valence-electron chi connectivity index (χ1n) is 4.57. The Morgan fingerprint density at radius 3 is 2.44 bits per heavy atom. The van der Waals surface area contributed by atoms with Gasteiger partial charge in [0.1, 0.15) is 5.75 Å². The highest BCUT2D eigenvalue weighted by molar-refractivity contribution is 5.71. The van der Waals surface area contributed by atoms with E-state index >= 15 is 0 Å². The second-order valence-electron chi connectivity index (χ2n) is 3.29. The van der Waals surface area contributed by atoms with Crippen LogP contribution in [0.15, 0.2) is 24.8 Å². The fourth-order valence-electron chi connectivity index (χ4n) is 1.23. The SMILES string of the molecule is C=C(C)c1cc(NC)ccc1OC(F)(F)F. The van der Waals surface area contributed by atoms with Crippen LogP contribution in [0.1, 0.15) is 12.5 Å². The van der Waals surface area contributed by atoms with Gasteiger partial charge in [0.15, 0.2) is 0 Å². The van der Waals surface area contributed by atoms with E-state index in [-0.39, 0.29) is 5.75 Å². The van der Waals surface area contributed by atoms with Gasteiger partial charge in [-0.25, -0.2) is 0 Å². The van der Waals surface area contributed by atoms with Crippen molar-refractivity contribution in [2.75, 3.05) is 12.4 Å². The number of halogens is 3. The number of anilines is 1. The second-order valence-corrected chi connectivity index (χ2v) is 3.29. The number of alkyl halides is 3. The van der Waals surface area contributed by atoms with Crippen LogP contribution in [0.4, 0.5) is 18.9 Å². The van der Waals surface area contributed by atoms with Gasteiger partial charge in [0, 0.05) is 18.3 Å². The van der Waals surface area contributed by atoms with E-state index in [1.807, 2.05) is 0 Å². The Kier molecular flexibility index (Phi) is 3.47. The molecular weight excluding hydrogens is 219 g/mol. The molecule has 16 heavy (non-hydrogen) atoms. The van der Waals surface area contributed by atoms with E-state index in [0.29, 0.717) is 16.8 Å². The van der Waals surface area contributed by atoms with Crippen LogP contribution in [0.5, 0.6) is 5.75 Å². The van der Waals surface area contributed by atoms with Crippen LogP contribution in [0.25, 0.3) is 5.57 Å². The van der Waals surface area contributed by atoms with Crippen LogP contribution in [-0.4, -0.2) is 13.4 Å². The fraction of sp³-hybridized carbons (Fsp3) is 0.273. The van der Waals surface area contributed by atoms with Crippen LogP contribution in [0, 0.1) is 0 Å². The van der Waals surface area contributed by atoms with Gasteiger partial charge in [-0.3, -0.25) is 0 Å². The van der Waals surface area contributed by atoms with Crippen LogP contribution in [0.2, 0.25) is 0 Å². The van der Waals surface area contributed by atoms with E-state index in [4.69, 9.17) is 0 Å². The van der Waals surface area contributed by atoms with Gasteiger partial charge in [-0.05, 0) is 30.7 Å². The highest BCUT2D eigenvalue weighted by Crippen LogP contribution is 2.32. The van der Waals surface area contributed by atoms with E-state index in [1.54, 1.807) is 20.0 Å². The van der Waals surface area contributed by atoms with Crippen molar-refractivity contribution in [1.29, 1.82) is 0 Å². The Labute approximate surface area is 91.7 Å². The molecule has 0 spiro atoms. The minimum atomic E-state index is -4.69. The number of hydrogen-bond acceptors (Lipinski definition) is 2. The lowest BCUT2D eigenvalue weighted by Gasteiger charge is -2.14. The van der Waals surface area contributed by atoms with E-state index < -0.39 is 6.36 Å². The van der Waals surface area contributed by atoms with Gasteiger partial charge < -0.3 is 10.1 Å². The first-order chi connectivity index (χ1) is 7.33. The minimum absolute atomic E-state index is 0.237. The molecule has 88 valence electrons. The quantitative estimate of drug-likeness (QED) is 0.857. The molecule has 0 atom stereocenters. The lowest BCUT2D eigenvalue weighted by Crippen LogP contribution is -2.18. The van der Waals surface area contributed by atoms with Crippen molar-refractivity contribution < 1.29 is 17.9 Å². The number of nitrogens with one attached hydrogen (secondary N) is 1. The summed E-state index contributed by atoms with van der Waals surface area (Å²) in [6, 6.07) is 4.33. The van der Waals surface area contributed by atoms with Crippen molar-refractivity contribution in [3.05, 3.63) is 30.3 Å². The number of ether oxygens (including phenoxy) is 1. The fourth-order valence-corrected chi connectivity index (χ4v) is 1.23. The van der Waals surface area contributed by atoms with Crippen molar-refractivity contribution >= 4 is 11.3 Å². The Morgan fingerprint density at radius 1 is 1.38 bits per heavy atom. The Morgan fingerprint density at radius 2 is 2.00 bits per heavy atom. The highest BCUT2D eigenvalue weighted by Gasteiger charge is 2.32. The molecule has 1 aromatic rings. The lowest BCUT2D eigenvalue weighted by atomic mass is 10.1. The standard InChI is InChI=1S/C11H12F3NO/c1-7(2)9-6-8(15-3)4-5-10(9)16-11(12,13)14/h4-6,15H,1H2,2-3H3. The Bertz CT molecular complexity index is 399.